The lowest BCUT2D eigenvalue weighted by atomic mass is 9.82. The summed E-state index contributed by atoms with van der Waals surface area (Å²) in [5.41, 5.74) is 0.300. The predicted octanol–water partition coefficient (Wildman–Crippen LogP) is 4.01. The number of nitrogens with zero attached hydrogens (tertiary/aromatic N) is 2. The van der Waals surface area contributed by atoms with Gasteiger partial charge < -0.3 is 10.2 Å². The number of rotatable bonds is 4. The number of carbonyl (C=O) groups excluding carboxylic acids is 1. The molecule has 0 bridgehead atoms. The first-order chi connectivity index (χ1) is 13.2. The first-order valence-corrected chi connectivity index (χ1v) is 9.37. The summed E-state index contributed by atoms with van der Waals surface area (Å²) in [5, 5.41) is 3.14. The van der Waals surface area contributed by atoms with Crippen LogP contribution in [0.5, 0.6) is 0 Å². The SMILES string of the molecule is CCc1cc(C(F)(F)F)ccc1C(=O)NC1(c2ccncc2)CCCN(C)C1. The maximum atomic E-state index is 13.1. The van der Waals surface area contributed by atoms with E-state index in [1.165, 1.54) is 6.07 Å². The van der Waals surface area contributed by atoms with Gasteiger partial charge in [-0.05, 0) is 74.3 Å². The zero-order valence-electron chi connectivity index (χ0n) is 16.0. The molecule has 0 radical (unpaired) electrons. The van der Waals surface area contributed by atoms with Crippen LogP contribution in [0.4, 0.5) is 13.2 Å². The quantitative estimate of drug-likeness (QED) is 0.857. The molecule has 2 aromatic rings. The van der Waals surface area contributed by atoms with Crippen molar-refractivity contribution in [2.75, 3.05) is 20.1 Å². The van der Waals surface area contributed by atoms with E-state index in [9.17, 15) is 18.0 Å². The molecule has 1 amide bonds. The van der Waals surface area contributed by atoms with Gasteiger partial charge in [0.05, 0.1) is 11.1 Å². The Labute approximate surface area is 162 Å². The highest BCUT2D eigenvalue weighted by atomic mass is 19.4. The minimum absolute atomic E-state index is 0.289. The summed E-state index contributed by atoms with van der Waals surface area (Å²) >= 11 is 0. The Morgan fingerprint density at radius 1 is 1.25 bits per heavy atom. The maximum Gasteiger partial charge on any atom is 0.416 e. The molecule has 3 rings (SSSR count). The van der Waals surface area contributed by atoms with E-state index in [4.69, 9.17) is 0 Å². The predicted molar refractivity (Wildman–Crippen MR) is 101 cm³/mol. The third kappa shape index (κ3) is 4.19. The molecule has 1 saturated heterocycles. The van der Waals surface area contributed by atoms with Crippen molar-refractivity contribution in [3.05, 3.63) is 65.0 Å². The van der Waals surface area contributed by atoms with Crippen molar-refractivity contribution in [3.63, 3.8) is 0 Å². The summed E-state index contributed by atoms with van der Waals surface area (Å²) in [6.45, 7) is 3.31. The number of benzene rings is 1. The summed E-state index contributed by atoms with van der Waals surface area (Å²) < 4.78 is 39.1. The third-order valence-electron chi connectivity index (χ3n) is 5.33. The molecular formula is C21H24F3N3O. The van der Waals surface area contributed by atoms with Gasteiger partial charge in [0.15, 0.2) is 0 Å². The van der Waals surface area contributed by atoms with Crippen molar-refractivity contribution in [1.29, 1.82) is 0 Å². The number of likely N-dealkylation sites (N-methyl/N-ethyl adjacent to an activating group) is 1. The lowest BCUT2D eigenvalue weighted by molar-refractivity contribution is -0.137. The first-order valence-electron chi connectivity index (χ1n) is 9.37. The Kier molecular flexibility index (Phi) is 5.74. The van der Waals surface area contributed by atoms with Crippen LogP contribution in [0.2, 0.25) is 0 Å². The average Bonchev–Trinajstić information content (AvgIpc) is 2.67. The van der Waals surface area contributed by atoms with Gasteiger partial charge in [-0.15, -0.1) is 0 Å². The van der Waals surface area contributed by atoms with E-state index in [2.05, 4.69) is 15.2 Å². The second kappa shape index (κ2) is 7.91. The van der Waals surface area contributed by atoms with E-state index in [1.54, 1.807) is 19.3 Å². The topological polar surface area (TPSA) is 45.2 Å². The van der Waals surface area contributed by atoms with Crippen LogP contribution >= 0.6 is 0 Å². The highest BCUT2D eigenvalue weighted by Gasteiger charge is 2.38. The molecule has 7 heteroatoms. The van der Waals surface area contributed by atoms with Gasteiger partial charge in [-0.3, -0.25) is 9.78 Å². The number of likely N-dealkylation sites (tertiary alicyclic amines) is 1. The number of halogens is 3. The molecule has 1 N–H and O–H groups in total. The van der Waals surface area contributed by atoms with Crippen LogP contribution in [0, 0.1) is 0 Å². The average molecular weight is 391 g/mol. The number of aromatic nitrogens is 1. The van der Waals surface area contributed by atoms with E-state index in [1.807, 2.05) is 19.2 Å². The number of carbonyl (C=O) groups is 1. The first kappa shape index (κ1) is 20.3. The van der Waals surface area contributed by atoms with Gasteiger partial charge in [-0.2, -0.15) is 13.2 Å². The fourth-order valence-electron chi connectivity index (χ4n) is 3.92. The van der Waals surface area contributed by atoms with E-state index >= 15 is 0 Å². The highest BCUT2D eigenvalue weighted by molar-refractivity contribution is 5.96. The molecular weight excluding hydrogens is 367 g/mol. The lowest BCUT2D eigenvalue weighted by Gasteiger charge is -2.42. The fourth-order valence-corrected chi connectivity index (χ4v) is 3.92. The van der Waals surface area contributed by atoms with Crippen LogP contribution in [-0.2, 0) is 18.1 Å². The van der Waals surface area contributed by atoms with Crippen molar-refractivity contribution < 1.29 is 18.0 Å². The minimum atomic E-state index is -4.43. The molecule has 28 heavy (non-hydrogen) atoms. The van der Waals surface area contributed by atoms with Crippen LogP contribution < -0.4 is 5.32 Å². The zero-order chi connectivity index (χ0) is 20.4. The smallest absolute Gasteiger partial charge is 0.341 e. The molecule has 1 aliphatic heterocycles. The fraction of sp³-hybridized carbons (Fsp3) is 0.429. The van der Waals surface area contributed by atoms with E-state index in [0.29, 0.717) is 18.5 Å². The van der Waals surface area contributed by atoms with Gasteiger partial charge in [-0.1, -0.05) is 6.92 Å². The second-order valence-corrected chi connectivity index (χ2v) is 7.34. The molecule has 1 fully saturated rings. The molecule has 1 aliphatic rings. The standard InChI is InChI=1S/C21H24F3N3O/c1-3-15-13-17(21(22,23)24)5-6-18(15)19(28)26-20(9-4-12-27(2)14-20)16-7-10-25-11-8-16/h5-8,10-11,13H,3-4,9,12,14H2,1-2H3,(H,26,28). The Hall–Kier alpha value is -2.41. The number of aryl methyl sites for hydroxylation is 1. The van der Waals surface area contributed by atoms with Crippen LogP contribution in [0.25, 0.3) is 0 Å². The minimum Gasteiger partial charge on any atom is -0.341 e. The number of pyridine rings is 1. The number of amides is 1. The van der Waals surface area contributed by atoms with Gasteiger partial charge in [0.25, 0.3) is 5.91 Å². The summed E-state index contributed by atoms with van der Waals surface area (Å²) in [4.78, 5) is 19.3. The summed E-state index contributed by atoms with van der Waals surface area (Å²) in [5.74, 6) is -0.349. The molecule has 2 heterocycles. The number of hydrogen-bond donors (Lipinski definition) is 1. The van der Waals surface area contributed by atoms with Gasteiger partial charge >= 0.3 is 6.18 Å². The largest absolute Gasteiger partial charge is 0.416 e. The van der Waals surface area contributed by atoms with Crippen molar-refractivity contribution in [2.24, 2.45) is 0 Å². The number of nitrogens with one attached hydrogen (secondary N) is 1. The van der Waals surface area contributed by atoms with E-state index in [0.717, 1.165) is 37.1 Å². The zero-order valence-corrected chi connectivity index (χ0v) is 16.0. The normalized spacial score (nSPS) is 20.8. The van der Waals surface area contributed by atoms with Crippen molar-refractivity contribution in [1.82, 2.24) is 15.2 Å². The van der Waals surface area contributed by atoms with Crippen LogP contribution in [0.1, 0.15) is 46.8 Å². The Morgan fingerprint density at radius 3 is 2.57 bits per heavy atom. The van der Waals surface area contributed by atoms with Crippen molar-refractivity contribution >= 4 is 5.91 Å². The molecule has 0 aliphatic carbocycles. The Morgan fingerprint density at radius 2 is 1.96 bits per heavy atom. The molecule has 4 nitrogen and oxygen atoms in total. The van der Waals surface area contributed by atoms with E-state index in [-0.39, 0.29) is 11.5 Å². The Balaban J connectivity index is 1.95. The Bertz CT molecular complexity index is 839. The van der Waals surface area contributed by atoms with Gasteiger partial charge in [-0.25, -0.2) is 0 Å². The second-order valence-electron chi connectivity index (χ2n) is 7.34. The summed E-state index contributed by atoms with van der Waals surface area (Å²) in [6, 6.07) is 7.09. The third-order valence-corrected chi connectivity index (χ3v) is 5.33. The molecule has 1 unspecified atom stereocenters. The molecule has 0 spiro atoms. The number of piperidine rings is 1. The monoisotopic (exact) mass is 391 g/mol. The van der Waals surface area contributed by atoms with Crippen LogP contribution in [0.15, 0.2) is 42.7 Å². The summed E-state index contributed by atoms with van der Waals surface area (Å²) in [6.07, 6.45) is 0.959. The molecule has 0 saturated carbocycles. The van der Waals surface area contributed by atoms with Crippen LogP contribution in [0.3, 0.4) is 0 Å². The van der Waals surface area contributed by atoms with Gasteiger partial charge in [0.2, 0.25) is 0 Å². The molecule has 150 valence electrons. The molecule has 1 aromatic carbocycles. The lowest BCUT2D eigenvalue weighted by Crippen LogP contribution is -2.55. The van der Waals surface area contributed by atoms with Crippen molar-refractivity contribution in [2.45, 2.75) is 37.9 Å². The number of alkyl halides is 3. The van der Waals surface area contributed by atoms with Crippen molar-refractivity contribution in [3.8, 4) is 0 Å². The molecule has 1 atom stereocenters. The molecule has 1 aromatic heterocycles. The van der Waals surface area contributed by atoms with Gasteiger partial charge in [0, 0.05) is 24.5 Å². The number of hydrogen-bond acceptors (Lipinski definition) is 3. The van der Waals surface area contributed by atoms with Crippen LogP contribution in [-0.4, -0.2) is 35.9 Å². The van der Waals surface area contributed by atoms with E-state index < -0.39 is 17.3 Å². The highest BCUT2D eigenvalue weighted by Crippen LogP contribution is 2.33. The maximum absolute atomic E-state index is 13.1. The van der Waals surface area contributed by atoms with Gasteiger partial charge in [0.1, 0.15) is 0 Å². The summed E-state index contributed by atoms with van der Waals surface area (Å²) in [7, 11) is 2.00.